The first-order chi connectivity index (χ1) is 13.8. The molecule has 0 saturated carbocycles. The van der Waals surface area contributed by atoms with Crippen LogP contribution in [0.4, 0.5) is 4.79 Å². The van der Waals surface area contributed by atoms with Crippen molar-refractivity contribution in [2.24, 2.45) is 0 Å². The first-order valence-electron chi connectivity index (χ1n) is 9.83. The standard InChI is InChI=1S/C23H28BNO4/c1-22(2)23(3,4)29-24(28-22)20-14-12-18(13-15-20)11-8-16-25-21(26)27-17-19-9-6-5-7-10-19/h5-15H,16-17H2,1-4H3,(H,25,26). The van der Waals surface area contributed by atoms with Crippen LogP contribution in [0.1, 0.15) is 38.8 Å². The van der Waals surface area contributed by atoms with Crippen molar-refractivity contribution < 1.29 is 18.8 Å². The van der Waals surface area contributed by atoms with Gasteiger partial charge >= 0.3 is 13.2 Å². The third-order valence-electron chi connectivity index (χ3n) is 5.35. The Hall–Kier alpha value is -2.57. The van der Waals surface area contributed by atoms with Crippen molar-refractivity contribution in [2.75, 3.05) is 6.54 Å². The van der Waals surface area contributed by atoms with Gasteiger partial charge in [-0.1, -0.05) is 66.7 Å². The summed E-state index contributed by atoms with van der Waals surface area (Å²) < 4.78 is 17.3. The molecule has 0 unspecified atom stereocenters. The van der Waals surface area contributed by atoms with Gasteiger partial charge in [0, 0.05) is 6.54 Å². The topological polar surface area (TPSA) is 56.8 Å². The van der Waals surface area contributed by atoms with E-state index in [2.05, 4.69) is 5.32 Å². The Balaban J connectivity index is 1.44. The van der Waals surface area contributed by atoms with Crippen LogP contribution in [0.2, 0.25) is 0 Å². The van der Waals surface area contributed by atoms with Gasteiger partial charge in [0.1, 0.15) is 6.61 Å². The number of nitrogens with one attached hydrogen (secondary N) is 1. The molecule has 1 N–H and O–H groups in total. The van der Waals surface area contributed by atoms with Crippen LogP contribution in [0, 0.1) is 0 Å². The van der Waals surface area contributed by atoms with E-state index >= 15 is 0 Å². The summed E-state index contributed by atoms with van der Waals surface area (Å²) in [5.41, 5.74) is 2.28. The molecule has 152 valence electrons. The summed E-state index contributed by atoms with van der Waals surface area (Å²) in [4.78, 5) is 11.7. The molecular weight excluding hydrogens is 365 g/mol. The normalized spacial score (nSPS) is 17.4. The smallest absolute Gasteiger partial charge is 0.445 e. The molecule has 1 saturated heterocycles. The maximum absolute atomic E-state index is 11.7. The fraction of sp³-hybridized carbons (Fsp3) is 0.348. The molecule has 29 heavy (non-hydrogen) atoms. The van der Waals surface area contributed by atoms with Gasteiger partial charge < -0.3 is 19.4 Å². The minimum absolute atomic E-state index is 0.261. The van der Waals surface area contributed by atoms with E-state index in [9.17, 15) is 4.79 Å². The summed E-state index contributed by atoms with van der Waals surface area (Å²) in [7, 11) is -0.362. The van der Waals surface area contributed by atoms with Crippen molar-refractivity contribution in [3.05, 3.63) is 71.8 Å². The second kappa shape index (κ2) is 8.85. The Bertz CT molecular complexity index is 831. The molecule has 0 aromatic heterocycles. The maximum Gasteiger partial charge on any atom is 0.494 e. The highest BCUT2D eigenvalue weighted by Gasteiger charge is 2.51. The highest BCUT2D eigenvalue weighted by molar-refractivity contribution is 6.62. The third-order valence-corrected chi connectivity index (χ3v) is 5.35. The fourth-order valence-corrected chi connectivity index (χ4v) is 2.85. The van der Waals surface area contributed by atoms with E-state index < -0.39 is 6.09 Å². The largest absolute Gasteiger partial charge is 0.494 e. The van der Waals surface area contributed by atoms with Crippen molar-refractivity contribution >= 4 is 24.8 Å². The Morgan fingerprint density at radius 3 is 2.24 bits per heavy atom. The Labute approximate surface area is 173 Å². The number of benzene rings is 2. The van der Waals surface area contributed by atoms with E-state index in [1.165, 1.54) is 0 Å². The van der Waals surface area contributed by atoms with Crippen molar-refractivity contribution in [3.63, 3.8) is 0 Å². The monoisotopic (exact) mass is 393 g/mol. The molecular formula is C23H28BNO4. The van der Waals surface area contributed by atoms with Gasteiger partial charge in [-0.3, -0.25) is 0 Å². The van der Waals surface area contributed by atoms with E-state index in [0.29, 0.717) is 6.54 Å². The predicted octanol–water partition coefficient (Wildman–Crippen LogP) is 3.93. The summed E-state index contributed by atoms with van der Waals surface area (Å²) >= 11 is 0. The molecule has 1 fully saturated rings. The Kier molecular flexibility index (Phi) is 6.45. The van der Waals surface area contributed by atoms with Gasteiger partial charge in [-0.15, -0.1) is 0 Å². The lowest BCUT2D eigenvalue weighted by Crippen LogP contribution is -2.41. The van der Waals surface area contributed by atoms with Crippen LogP contribution < -0.4 is 10.8 Å². The number of rotatable bonds is 6. The van der Waals surface area contributed by atoms with Crippen LogP contribution in [0.3, 0.4) is 0 Å². The highest BCUT2D eigenvalue weighted by Crippen LogP contribution is 2.36. The van der Waals surface area contributed by atoms with Crippen LogP contribution in [0.5, 0.6) is 0 Å². The first-order valence-corrected chi connectivity index (χ1v) is 9.83. The molecule has 6 heteroatoms. The molecule has 0 radical (unpaired) electrons. The molecule has 5 nitrogen and oxygen atoms in total. The minimum Gasteiger partial charge on any atom is -0.445 e. The van der Waals surface area contributed by atoms with Gasteiger partial charge in [0.25, 0.3) is 0 Å². The molecule has 0 spiro atoms. The molecule has 0 aliphatic carbocycles. The van der Waals surface area contributed by atoms with Gasteiger partial charge in [0.05, 0.1) is 11.2 Å². The summed E-state index contributed by atoms with van der Waals surface area (Å²) in [5.74, 6) is 0. The van der Waals surface area contributed by atoms with E-state index in [4.69, 9.17) is 14.0 Å². The Morgan fingerprint density at radius 2 is 1.62 bits per heavy atom. The average molecular weight is 393 g/mol. The van der Waals surface area contributed by atoms with Gasteiger partial charge in [-0.25, -0.2) is 4.79 Å². The fourth-order valence-electron chi connectivity index (χ4n) is 2.85. The molecule has 1 amide bonds. The minimum atomic E-state index is -0.436. The second-order valence-corrected chi connectivity index (χ2v) is 8.10. The van der Waals surface area contributed by atoms with E-state index in [1.54, 1.807) is 0 Å². The average Bonchev–Trinajstić information content (AvgIpc) is 2.92. The van der Waals surface area contributed by atoms with Crippen LogP contribution in [-0.4, -0.2) is 31.0 Å². The van der Waals surface area contributed by atoms with Crippen LogP contribution >= 0.6 is 0 Å². The van der Waals surface area contributed by atoms with Crippen LogP contribution in [0.25, 0.3) is 6.08 Å². The molecule has 1 aliphatic rings. The Morgan fingerprint density at radius 1 is 1.00 bits per heavy atom. The lowest BCUT2D eigenvalue weighted by atomic mass is 9.79. The first kappa shape index (κ1) is 21.2. The van der Waals surface area contributed by atoms with Crippen molar-refractivity contribution in [1.29, 1.82) is 0 Å². The molecule has 0 atom stereocenters. The van der Waals surface area contributed by atoms with Gasteiger partial charge in [0.15, 0.2) is 0 Å². The second-order valence-electron chi connectivity index (χ2n) is 8.10. The summed E-state index contributed by atoms with van der Waals surface area (Å²) in [6.45, 7) is 8.83. The predicted molar refractivity (Wildman–Crippen MR) is 116 cm³/mol. The van der Waals surface area contributed by atoms with Crippen molar-refractivity contribution in [1.82, 2.24) is 5.32 Å². The zero-order chi connectivity index (χ0) is 20.9. The lowest BCUT2D eigenvalue weighted by molar-refractivity contribution is 0.00578. The number of amides is 1. The maximum atomic E-state index is 11.7. The summed E-state index contributed by atoms with van der Waals surface area (Å²) in [5, 5.41) is 2.71. The van der Waals surface area contributed by atoms with E-state index in [-0.39, 0.29) is 24.9 Å². The zero-order valence-corrected chi connectivity index (χ0v) is 17.5. The highest BCUT2D eigenvalue weighted by atomic mass is 16.7. The SMILES string of the molecule is CC1(C)OB(c2ccc(C=CCNC(=O)OCc3ccccc3)cc2)OC1(C)C. The number of hydrogen-bond donors (Lipinski definition) is 1. The molecule has 1 aliphatic heterocycles. The number of alkyl carbamates (subject to hydrolysis) is 1. The van der Waals surface area contributed by atoms with Crippen LogP contribution in [0.15, 0.2) is 60.7 Å². The third kappa shape index (κ3) is 5.49. The molecule has 0 bridgehead atoms. The van der Waals surface area contributed by atoms with Gasteiger partial charge in [-0.05, 0) is 44.3 Å². The van der Waals surface area contributed by atoms with Crippen LogP contribution in [-0.2, 0) is 20.7 Å². The zero-order valence-electron chi connectivity index (χ0n) is 17.5. The molecule has 3 rings (SSSR count). The van der Waals surface area contributed by atoms with Crippen molar-refractivity contribution in [2.45, 2.75) is 45.5 Å². The number of carbonyl (C=O) groups is 1. The summed E-state index contributed by atoms with van der Waals surface area (Å²) in [6, 6.07) is 17.6. The molecule has 2 aromatic carbocycles. The van der Waals surface area contributed by atoms with E-state index in [0.717, 1.165) is 16.6 Å². The number of ether oxygens (including phenoxy) is 1. The quantitative estimate of drug-likeness (QED) is 0.756. The van der Waals surface area contributed by atoms with E-state index in [1.807, 2.05) is 94.4 Å². The van der Waals surface area contributed by atoms with Gasteiger partial charge in [-0.2, -0.15) is 0 Å². The summed E-state index contributed by atoms with van der Waals surface area (Å²) in [6.07, 6.45) is 3.40. The van der Waals surface area contributed by atoms with Gasteiger partial charge in [0.2, 0.25) is 0 Å². The van der Waals surface area contributed by atoms with Crippen molar-refractivity contribution in [3.8, 4) is 0 Å². The number of hydrogen-bond acceptors (Lipinski definition) is 4. The molecule has 1 heterocycles. The number of carbonyl (C=O) groups excluding carboxylic acids is 1. The molecule has 2 aromatic rings. The lowest BCUT2D eigenvalue weighted by Gasteiger charge is -2.32.